The molecule has 34 heavy (non-hydrogen) atoms. The van der Waals surface area contributed by atoms with Crippen LogP contribution in [0.1, 0.15) is 65.9 Å². The molecule has 2 heterocycles. The third kappa shape index (κ3) is 6.45. The van der Waals surface area contributed by atoms with Gasteiger partial charge in [0.05, 0.1) is 11.9 Å². The van der Waals surface area contributed by atoms with Crippen molar-refractivity contribution in [2.24, 2.45) is 5.92 Å². The molecule has 1 aliphatic carbocycles. The van der Waals surface area contributed by atoms with E-state index in [0.717, 1.165) is 18.4 Å². The van der Waals surface area contributed by atoms with Crippen molar-refractivity contribution in [1.82, 2.24) is 14.8 Å². The summed E-state index contributed by atoms with van der Waals surface area (Å²) >= 11 is 0. The molecule has 186 valence electrons. The molecule has 0 spiro atoms. The molecule has 1 aromatic rings. The molecule has 2 N–H and O–H groups in total. The first-order valence-electron chi connectivity index (χ1n) is 11.8. The smallest absolute Gasteiger partial charge is 0.413 e. The summed E-state index contributed by atoms with van der Waals surface area (Å²) < 4.78 is 5.30. The molecule has 2 fully saturated rings. The lowest BCUT2D eigenvalue weighted by atomic mass is 10.1. The molecule has 1 aliphatic heterocycles. The Morgan fingerprint density at radius 3 is 2.35 bits per heavy atom. The lowest BCUT2D eigenvalue weighted by Crippen LogP contribution is -2.57. The van der Waals surface area contributed by atoms with Crippen molar-refractivity contribution < 1.29 is 23.9 Å². The van der Waals surface area contributed by atoms with Crippen LogP contribution in [0, 0.1) is 5.92 Å². The average molecular weight is 474 g/mol. The van der Waals surface area contributed by atoms with Crippen molar-refractivity contribution >= 4 is 35.3 Å². The minimum Gasteiger partial charge on any atom is -0.444 e. The Morgan fingerprint density at radius 2 is 1.79 bits per heavy atom. The van der Waals surface area contributed by atoms with Crippen LogP contribution in [0.5, 0.6) is 0 Å². The van der Waals surface area contributed by atoms with E-state index in [9.17, 15) is 19.2 Å². The van der Waals surface area contributed by atoms with Crippen molar-refractivity contribution in [3.05, 3.63) is 17.8 Å². The lowest BCUT2D eigenvalue weighted by molar-refractivity contribution is -0.148. The third-order valence-corrected chi connectivity index (χ3v) is 5.70. The Labute approximate surface area is 200 Å². The standard InChI is InChI=1S/C24H35N5O5/c1-14(2)21(31)29-10-9-28(13-15(29)3)22(32)20(30)26-17-11-18(16-7-8-16)19(25-12-17)27-23(33)34-24(4,5)6/h11-12,14-16H,7-10,13H2,1-6H3,(H,26,30)(H,25,27,33). The molecule has 1 unspecified atom stereocenters. The lowest BCUT2D eigenvalue weighted by Gasteiger charge is -2.40. The monoisotopic (exact) mass is 473 g/mol. The molecule has 4 amide bonds. The van der Waals surface area contributed by atoms with Gasteiger partial charge >= 0.3 is 17.9 Å². The first-order chi connectivity index (χ1) is 15.9. The molecule has 0 aromatic carbocycles. The topological polar surface area (TPSA) is 121 Å². The van der Waals surface area contributed by atoms with Gasteiger partial charge in [-0.2, -0.15) is 0 Å². The maximum absolute atomic E-state index is 12.8. The van der Waals surface area contributed by atoms with Crippen LogP contribution in [0.3, 0.4) is 0 Å². The minimum absolute atomic E-state index is 0.0443. The highest BCUT2D eigenvalue weighted by molar-refractivity contribution is 6.39. The van der Waals surface area contributed by atoms with Crippen molar-refractivity contribution in [3.63, 3.8) is 0 Å². The van der Waals surface area contributed by atoms with Gasteiger partial charge in [-0.25, -0.2) is 9.78 Å². The van der Waals surface area contributed by atoms with Gasteiger partial charge in [0.25, 0.3) is 0 Å². The quantitative estimate of drug-likeness (QED) is 0.649. The van der Waals surface area contributed by atoms with E-state index < -0.39 is 23.5 Å². The highest BCUT2D eigenvalue weighted by Crippen LogP contribution is 2.43. The van der Waals surface area contributed by atoms with Gasteiger partial charge in [-0.05, 0) is 52.5 Å². The van der Waals surface area contributed by atoms with Crippen LogP contribution in [0.15, 0.2) is 12.3 Å². The zero-order valence-electron chi connectivity index (χ0n) is 20.8. The summed E-state index contributed by atoms with van der Waals surface area (Å²) in [7, 11) is 0. The van der Waals surface area contributed by atoms with Gasteiger partial charge in [0.2, 0.25) is 5.91 Å². The number of aromatic nitrogens is 1. The van der Waals surface area contributed by atoms with E-state index in [1.54, 1.807) is 31.7 Å². The van der Waals surface area contributed by atoms with Gasteiger partial charge in [-0.15, -0.1) is 0 Å². The van der Waals surface area contributed by atoms with Crippen LogP contribution in [0.2, 0.25) is 0 Å². The fourth-order valence-corrected chi connectivity index (χ4v) is 3.89. The van der Waals surface area contributed by atoms with Gasteiger partial charge in [0.1, 0.15) is 11.4 Å². The molecule has 0 bridgehead atoms. The zero-order valence-corrected chi connectivity index (χ0v) is 20.8. The molecule has 0 radical (unpaired) electrons. The van der Waals surface area contributed by atoms with Crippen molar-refractivity contribution in [3.8, 4) is 0 Å². The normalized spacial score (nSPS) is 18.5. The number of hydrogen-bond acceptors (Lipinski definition) is 6. The van der Waals surface area contributed by atoms with Crippen LogP contribution >= 0.6 is 0 Å². The SMILES string of the molecule is CC(C)C(=O)N1CCN(C(=O)C(=O)Nc2cnc(NC(=O)OC(C)(C)C)c(C3CC3)c2)CC1C. The first kappa shape index (κ1) is 25.5. The summed E-state index contributed by atoms with van der Waals surface area (Å²) in [6.07, 6.45) is 2.72. The van der Waals surface area contributed by atoms with Crippen molar-refractivity contribution in [2.75, 3.05) is 30.3 Å². The Balaban J connectivity index is 1.63. The second kappa shape index (κ2) is 9.99. The van der Waals surface area contributed by atoms with Gasteiger partial charge in [0, 0.05) is 37.2 Å². The van der Waals surface area contributed by atoms with E-state index >= 15 is 0 Å². The van der Waals surface area contributed by atoms with Crippen molar-refractivity contribution in [1.29, 1.82) is 0 Å². The van der Waals surface area contributed by atoms with Gasteiger partial charge in [0.15, 0.2) is 0 Å². The Morgan fingerprint density at radius 1 is 1.12 bits per heavy atom. The van der Waals surface area contributed by atoms with Crippen molar-refractivity contribution in [2.45, 2.75) is 71.9 Å². The molecular formula is C24H35N5O5. The van der Waals surface area contributed by atoms with E-state index in [2.05, 4.69) is 15.6 Å². The highest BCUT2D eigenvalue weighted by Gasteiger charge is 2.33. The molecule has 10 nitrogen and oxygen atoms in total. The number of nitrogens with one attached hydrogen (secondary N) is 2. The predicted octanol–water partition coefficient (Wildman–Crippen LogP) is 2.96. The Kier molecular flexibility index (Phi) is 7.48. The third-order valence-electron chi connectivity index (χ3n) is 5.70. The summed E-state index contributed by atoms with van der Waals surface area (Å²) in [5.74, 6) is -0.852. The Hall–Kier alpha value is -3.17. The second-order valence-electron chi connectivity index (χ2n) is 10.3. The molecule has 1 atom stereocenters. The fraction of sp³-hybridized carbons (Fsp3) is 0.625. The predicted molar refractivity (Wildman–Crippen MR) is 127 cm³/mol. The molecule has 2 aliphatic rings. The molecular weight excluding hydrogens is 438 g/mol. The number of carbonyl (C=O) groups is 4. The summed E-state index contributed by atoms with van der Waals surface area (Å²) in [6.45, 7) is 11.9. The number of piperazine rings is 1. The fourth-order valence-electron chi connectivity index (χ4n) is 3.89. The first-order valence-corrected chi connectivity index (χ1v) is 11.8. The summed E-state index contributed by atoms with van der Waals surface area (Å²) in [4.78, 5) is 57.4. The number of ether oxygens (including phenoxy) is 1. The van der Waals surface area contributed by atoms with E-state index in [0.29, 0.717) is 31.1 Å². The van der Waals surface area contributed by atoms with Crippen LogP contribution in [-0.2, 0) is 19.1 Å². The molecule has 3 rings (SSSR count). The van der Waals surface area contributed by atoms with E-state index in [1.807, 2.05) is 20.8 Å². The van der Waals surface area contributed by atoms with E-state index in [4.69, 9.17) is 4.74 Å². The molecule has 1 saturated heterocycles. The van der Waals surface area contributed by atoms with Crippen LogP contribution < -0.4 is 10.6 Å². The molecule has 1 aromatic heterocycles. The van der Waals surface area contributed by atoms with Gasteiger partial charge in [-0.1, -0.05) is 13.8 Å². The minimum atomic E-state index is -0.757. The van der Waals surface area contributed by atoms with Crippen LogP contribution in [-0.4, -0.2) is 69.9 Å². The van der Waals surface area contributed by atoms with Crippen LogP contribution in [0.25, 0.3) is 0 Å². The van der Waals surface area contributed by atoms with Gasteiger partial charge in [-0.3, -0.25) is 19.7 Å². The second-order valence-corrected chi connectivity index (χ2v) is 10.3. The zero-order chi connectivity index (χ0) is 25.2. The van der Waals surface area contributed by atoms with E-state index in [1.165, 1.54) is 11.1 Å². The number of anilines is 2. The number of hydrogen-bond donors (Lipinski definition) is 2. The number of pyridine rings is 1. The summed E-state index contributed by atoms with van der Waals surface area (Å²) in [6, 6.07) is 1.58. The Bertz CT molecular complexity index is 967. The number of carbonyl (C=O) groups excluding carboxylic acids is 4. The summed E-state index contributed by atoms with van der Waals surface area (Å²) in [5, 5.41) is 5.31. The maximum Gasteiger partial charge on any atom is 0.413 e. The van der Waals surface area contributed by atoms with Crippen LogP contribution in [0.4, 0.5) is 16.3 Å². The largest absolute Gasteiger partial charge is 0.444 e. The van der Waals surface area contributed by atoms with E-state index in [-0.39, 0.29) is 23.8 Å². The molecule has 10 heteroatoms. The average Bonchev–Trinajstić information content (AvgIpc) is 3.57. The molecule has 1 saturated carbocycles. The number of nitrogens with zero attached hydrogens (tertiary/aromatic N) is 3. The summed E-state index contributed by atoms with van der Waals surface area (Å²) in [5.41, 5.74) is 0.547. The highest BCUT2D eigenvalue weighted by atomic mass is 16.6. The number of rotatable bonds is 4. The maximum atomic E-state index is 12.8. The number of amides is 4. The van der Waals surface area contributed by atoms with Gasteiger partial charge < -0.3 is 19.9 Å².